The minimum atomic E-state index is -0.833. The van der Waals surface area contributed by atoms with Gasteiger partial charge in [0.2, 0.25) is 0 Å². The van der Waals surface area contributed by atoms with Gasteiger partial charge in [0.05, 0.1) is 36.1 Å². The van der Waals surface area contributed by atoms with Crippen LogP contribution in [-0.4, -0.2) is 61.3 Å². The minimum absolute atomic E-state index is 0.0823. The third kappa shape index (κ3) is 6.65. The first-order valence-corrected chi connectivity index (χ1v) is 14.2. The summed E-state index contributed by atoms with van der Waals surface area (Å²) in [5.41, 5.74) is 0.0329. The van der Waals surface area contributed by atoms with Gasteiger partial charge in [0.1, 0.15) is 28.1 Å². The van der Waals surface area contributed by atoms with Gasteiger partial charge in [-0.2, -0.15) is 5.26 Å². The molecule has 0 radical (unpaired) electrons. The Kier molecular flexibility index (Phi) is 9.26. The molecule has 220 valence electrons. The number of nitrogens with zero attached hydrogens (tertiary/aromatic N) is 3. The molecule has 3 heterocycles. The summed E-state index contributed by atoms with van der Waals surface area (Å²) in [5.74, 6) is -1.28. The summed E-state index contributed by atoms with van der Waals surface area (Å²) in [5, 5.41) is 12.4. The molecule has 5 rings (SSSR count). The predicted octanol–water partition coefficient (Wildman–Crippen LogP) is 2.57. The van der Waals surface area contributed by atoms with Crippen LogP contribution in [0.5, 0.6) is 0 Å². The van der Waals surface area contributed by atoms with Crippen molar-refractivity contribution in [1.82, 2.24) is 9.47 Å². The number of benzene rings is 2. The number of anilines is 1. The van der Waals surface area contributed by atoms with Crippen LogP contribution in [-0.2, 0) is 20.8 Å². The van der Waals surface area contributed by atoms with Crippen molar-refractivity contribution in [3.8, 4) is 17.4 Å². The summed E-state index contributed by atoms with van der Waals surface area (Å²) in [6, 6.07) is 17.7. The maximum atomic E-state index is 14.2. The van der Waals surface area contributed by atoms with Gasteiger partial charge in [-0.1, -0.05) is 30.3 Å². The molecule has 0 saturated carbocycles. The lowest BCUT2D eigenvalue weighted by Crippen LogP contribution is -2.41. The lowest BCUT2D eigenvalue weighted by molar-refractivity contribution is -0.111. The van der Waals surface area contributed by atoms with Crippen LogP contribution in [0.2, 0.25) is 0 Å². The van der Waals surface area contributed by atoms with Crippen LogP contribution < -0.4 is 20.1 Å². The second-order valence-electron chi connectivity index (χ2n) is 9.49. The Bertz CT molecular complexity index is 1880. The lowest BCUT2D eigenvalue weighted by atomic mass is 10.1. The van der Waals surface area contributed by atoms with Crippen molar-refractivity contribution in [1.29, 1.82) is 5.26 Å². The highest BCUT2D eigenvalue weighted by molar-refractivity contribution is 7.07. The second kappa shape index (κ2) is 13.4. The van der Waals surface area contributed by atoms with E-state index in [9.17, 15) is 24.0 Å². The van der Waals surface area contributed by atoms with E-state index in [-0.39, 0.29) is 27.0 Å². The fourth-order valence-electron chi connectivity index (χ4n) is 4.61. The van der Waals surface area contributed by atoms with Crippen molar-refractivity contribution in [2.45, 2.75) is 6.54 Å². The third-order valence-corrected chi connectivity index (χ3v) is 7.95. The summed E-state index contributed by atoms with van der Waals surface area (Å²) in [7, 11) is 1.29. The van der Waals surface area contributed by atoms with Crippen molar-refractivity contribution in [2.24, 2.45) is 0 Å². The molecule has 0 atom stereocenters. The second-order valence-corrected chi connectivity index (χ2v) is 10.5. The van der Waals surface area contributed by atoms with E-state index in [1.807, 2.05) is 6.07 Å². The van der Waals surface area contributed by atoms with Crippen molar-refractivity contribution in [2.75, 3.05) is 45.3 Å². The first-order chi connectivity index (χ1) is 20.9. The Labute approximate surface area is 249 Å². The average Bonchev–Trinajstić information content (AvgIpc) is 3.62. The fraction of sp³-hybridized carbons (Fsp3) is 0.226. The maximum absolute atomic E-state index is 14.2. The van der Waals surface area contributed by atoms with E-state index in [0.29, 0.717) is 55.5 Å². The molecule has 1 aliphatic rings. The molecule has 0 bridgehead atoms. The van der Waals surface area contributed by atoms with E-state index in [4.69, 9.17) is 13.9 Å². The topological polar surface area (TPSA) is 127 Å². The van der Waals surface area contributed by atoms with Crippen molar-refractivity contribution in [3.05, 3.63) is 97.4 Å². The van der Waals surface area contributed by atoms with Crippen molar-refractivity contribution >= 4 is 40.5 Å². The smallest absolute Gasteiger partial charge is 0.338 e. The highest BCUT2D eigenvalue weighted by Crippen LogP contribution is 2.26. The fourth-order valence-corrected chi connectivity index (χ4v) is 5.71. The Morgan fingerprint density at radius 3 is 2.58 bits per heavy atom. The van der Waals surface area contributed by atoms with E-state index in [1.165, 1.54) is 36.0 Å². The molecule has 1 saturated heterocycles. The van der Waals surface area contributed by atoms with Crippen LogP contribution in [0.15, 0.2) is 69.9 Å². The molecule has 1 fully saturated rings. The number of amides is 1. The molecular formula is C31H27FN4O6S. The van der Waals surface area contributed by atoms with Crippen LogP contribution >= 0.6 is 11.3 Å². The summed E-state index contributed by atoms with van der Waals surface area (Å²) in [6.07, 6.45) is 1.52. The number of rotatable bonds is 8. The molecule has 43 heavy (non-hydrogen) atoms. The van der Waals surface area contributed by atoms with Gasteiger partial charge in [0.25, 0.3) is 11.5 Å². The Morgan fingerprint density at radius 1 is 1.09 bits per heavy atom. The van der Waals surface area contributed by atoms with E-state index in [0.717, 1.165) is 11.3 Å². The van der Waals surface area contributed by atoms with Crippen LogP contribution in [0.3, 0.4) is 0 Å². The standard InChI is InChI=1S/C31H27FN4O6S/c1-40-31(39)22-7-3-2-6-21(22)26-11-10-20(42-26)18-27-29(38)36(13-12-35-14-16-41-17-15-35)30(43-27)23(19-33)28(37)34-25-9-5-4-8-24(25)32/h2-11,18H,12-17H2,1H3,(H,34,37)/b27-18+,30-23+. The number of nitrogens with one attached hydrogen (secondary N) is 1. The van der Waals surface area contributed by atoms with Gasteiger partial charge >= 0.3 is 5.97 Å². The van der Waals surface area contributed by atoms with Crippen LogP contribution in [0, 0.1) is 17.1 Å². The Morgan fingerprint density at radius 2 is 1.84 bits per heavy atom. The molecule has 1 aliphatic heterocycles. The molecule has 2 aromatic heterocycles. The molecule has 0 spiro atoms. The van der Waals surface area contributed by atoms with E-state index in [1.54, 1.807) is 42.5 Å². The quantitative estimate of drug-likeness (QED) is 0.305. The molecule has 12 heteroatoms. The van der Waals surface area contributed by atoms with E-state index >= 15 is 0 Å². The third-order valence-electron chi connectivity index (χ3n) is 6.82. The minimum Gasteiger partial charge on any atom is -0.465 e. The number of nitriles is 1. The summed E-state index contributed by atoms with van der Waals surface area (Å²) >= 11 is 0.964. The van der Waals surface area contributed by atoms with Crippen LogP contribution in [0.4, 0.5) is 10.1 Å². The summed E-state index contributed by atoms with van der Waals surface area (Å²) in [6.45, 7) is 3.24. The molecule has 2 aromatic carbocycles. The van der Waals surface area contributed by atoms with Crippen LogP contribution in [0.1, 0.15) is 16.1 Å². The molecular weight excluding hydrogens is 575 g/mol. The highest BCUT2D eigenvalue weighted by atomic mass is 32.1. The number of hydrogen-bond acceptors (Lipinski definition) is 9. The molecule has 0 unspecified atom stereocenters. The molecule has 1 amide bonds. The number of furan rings is 1. The zero-order valence-electron chi connectivity index (χ0n) is 23.2. The maximum Gasteiger partial charge on any atom is 0.338 e. The number of esters is 1. The van der Waals surface area contributed by atoms with Gasteiger partial charge < -0.3 is 19.2 Å². The number of morpholine rings is 1. The van der Waals surface area contributed by atoms with Gasteiger partial charge in [-0.15, -0.1) is 11.3 Å². The first-order valence-electron chi connectivity index (χ1n) is 13.4. The number of hydrogen-bond donors (Lipinski definition) is 1. The number of para-hydroxylation sites is 1. The lowest BCUT2D eigenvalue weighted by Gasteiger charge is -2.26. The number of halogens is 1. The van der Waals surface area contributed by atoms with Gasteiger partial charge in [-0.25, -0.2) is 9.18 Å². The Balaban J connectivity index is 1.57. The SMILES string of the molecule is COC(=O)c1ccccc1-c1ccc(/C=c2/s/c(=C(\C#N)C(=O)Nc3ccccc3F)n(CCN3CCOCC3)c2=O)o1. The van der Waals surface area contributed by atoms with Gasteiger partial charge in [-0.3, -0.25) is 19.1 Å². The number of thiazole rings is 1. The number of aromatic nitrogens is 1. The van der Waals surface area contributed by atoms with E-state index < -0.39 is 23.3 Å². The predicted molar refractivity (Wildman–Crippen MR) is 158 cm³/mol. The number of methoxy groups -OCH3 is 1. The zero-order chi connectivity index (χ0) is 30.3. The number of carbonyl (C=O) groups excluding carboxylic acids is 2. The first kappa shape index (κ1) is 29.7. The number of ether oxygens (including phenoxy) is 2. The van der Waals surface area contributed by atoms with E-state index in [2.05, 4.69) is 10.2 Å². The van der Waals surface area contributed by atoms with Crippen LogP contribution in [0.25, 0.3) is 23.0 Å². The summed E-state index contributed by atoms with van der Waals surface area (Å²) in [4.78, 5) is 41.2. The molecule has 1 N–H and O–H groups in total. The average molecular weight is 603 g/mol. The van der Waals surface area contributed by atoms with Gasteiger partial charge in [0.15, 0.2) is 5.57 Å². The van der Waals surface area contributed by atoms with Gasteiger partial charge in [-0.05, 0) is 30.3 Å². The highest BCUT2D eigenvalue weighted by Gasteiger charge is 2.19. The molecule has 4 aromatic rings. The van der Waals surface area contributed by atoms with Gasteiger partial charge in [0, 0.05) is 37.8 Å². The van der Waals surface area contributed by atoms with Crippen molar-refractivity contribution in [3.63, 3.8) is 0 Å². The van der Waals surface area contributed by atoms with Crippen molar-refractivity contribution < 1.29 is 27.9 Å². The zero-order valence-corrected chi connectivity index (χ0v) is 24.0. The largest absolute Gasteiger partial charge is 0.465 e. The molecule has 0 aliphatic carbocycles. The Hall–Kier alpha value is -4.83. The molecule has 10 nitrogen and oxygen atoms in total. The monoisotopic (exact) mass is 602 g/mol. The summed E-state index contributed by atoms with van der Waals surface area (Å²) < 4.78 is 32.2. The number of carbonyl (C=O) groups is 2. The normalized spacial score (nSPS) is 14.7.